The van der Waals surface area contributed by atoms with Gasteiger partial charge < -0.3 is 9.64 Å². The van der Waals surface area contributed by atoms with Crippen molar-refractivity contribution in [3.05, 3.63) is 29.8 Å². The summed E-state index contributed by atoms with van der Waals surface area (Å²) in [4.78, 5) is 14.1. The molecule has 1 amide bonds. The van der Waals surface area contributed by atoms with Crippen LogP contribution in [0.15, 0.2) is 29.2 Å². The van der Waals surface area contributed by atoms with Crippen LogP contribution < -0.4 is 0 Å². The highest BCUT2D eigenvalue weighted by atomic mass is 32.2. The topological polar surface area (TPSA) is 72.9 Å². The fraction of sp³-hybridized carbons (Fsp3) is 0.588. The van der Waals surface area contributed by atoms with E-state index in [1.165, 1.54) is 12.1 Å². The average molecular weight is 353 g/mol. The summed E-state index contributed by atoms with van der Waals surface area (Å²) in [7, 11) is -3.84. The molecule has 2 saturated heterocycles. The third-order valence-corrected chi connectivity index (χ3v) is 6.06. The molecule has 1 aromatic rings. The smallest absolute Gasteiger partial charge is 0.410 e. The Kier molecular flexibility index (Phi) is 4.83. The van der Waals surface area contributed by atoms with Crippen molar-refractivity contribution in [1.29, 1.82) is 0 Å². The molecule has 0 N–H and O–H groups in total. The highest BCUT2D eigenvalue weighted by Crippen LogP contribution is 2.31. The minimum Gasteiger partial charge on any atom is -0.443 e. The summed E-state index contributed by atoms with van der Waals surface area (Å²) in [6.45, 7) is 3.77. The molecule has 2 aliphatic heterocycles. The van der Waals surface area contributed by atoms with Crippen molar-refractivity contribution < 1.29 is 22.1 Å². The van der Waals surface area contributed by atoms with Crippen LogP contribution in [0.1, 0.15) is 38.2 Å². The van der Waals surface area contributed by atoms with Crippen LogP contribution in [0.25, 0.3) is 0 Å². The van der Waals surface area contributed by atoms with E-state index >= 15 is 0 Å². The van der Waals surface area contributed by atoms with Crippen molar-refractivity contribution in [3.63, 3.8) is 0 Å². The van der Waals surface area contributed by atoms with Crippen molar-refractivity contribution in [2.75, 3.05) is 6.61 Å². The zero-order valence-electron chi connectivity index (χ0n) is 14.0. The maximum absolute atomic E-state index is 12.2. The second-order valence-electron chi connectivity index (χ2n) is 6.63. The van der Waals surface area contributed by atoms with E-state index in [1.807, 2.05) is 13.8 Å². The van der Waals surface area contributed by atoms with Gasteiger partial charge in [-0.1, -0.05) is 17.7 Å². The summed E-state index contributed by atoms with van der Waals surface area (Å²) in [6, 6.07) is 6.76. The second-order valence-corrected chi connectivity index (χ2v) is 8.25. The van der Waals surface area contributed by atoms with Gasteiger partial charge in [0.05, 0.1) is 4.90 Å². The molecule has 3 atom stereocenters. The Balaban J connectivity index is 1.62. The average Bonchev–Trinajstić information content (AvgIpc) is 2.53. The van der Waals surface area contributed by atoms with Crippen LogP contribution in [-0.2, 0) is 19.0 Å². The van der Waals surface area contributed by atoms with Gasteiger partial charge in [-0.2, -0.15) is 8.42 Å². The van der Waals surface area contributed by atoms with E-state index in [2.05, 4.69) is 0 Å². The SMILES string of the molecule is Cc1ccc(S(=O)(=O)OC[C@H]2C[C@@H]3CCC[C@@H](C)N3C(=O)O2)cc1. The van der Waals surface area contributed by atoms with Crippen molar-refractivity contribution in [2.45, 2.75) is 62.6 Å². The molecule has 0 radical (unpaired) electrons. The van der Waals surface area contributed by atoms with Crippen LogP contribution >= 0.6 is 0 Å². The number of cyclic esters (lactones) is 1. The Morgan fingerprint density at radius 1 is 1.25 bits per heavy atom. The number of carbonyl (C=O) groups is 1. The van der Waals surface area contributed by atoms with E-state index in [9.17, 15) is 13.2 Å². The molecule has 0 aromatic heterocycles. The zero-order chi connectivity index (χ0) is 17.3. The lowest BCUT2D eigenvalue weighted by Gasteiger charge is -2.45. The van der Waals surface area contributed by atoms with Crippen LogP contribution in [0.5, 0.6) is 0 Å². The van der Waals surface area contributed by atoms with Crippen LogP contribution in [0.4, 0.5) is 4.79 Å². The number of hydrogen-bond donors (Lipinski definition) is 0. The molecule has 2 fully saturated rings. The first-order chi connectivity index (χ1) is 11.4. The van der Waals surface area contributed by atoms with Gasteiger partial charge in [0.2, 0.25) is 0 Å². The van der Waals surface area contributed by atoms with Crippen molar-refractivity contribution >= 4 is 16.2 Å². The Labute approximate surface area is 142 Å². The largest absolute Gasteiger partial charge is 0.443 e. The van der Waals surface area contributed by atoms with Gasteiger partial charge >= 0.3 is 6.09 Å². The summed E-state index contributed by atoms with van der Waals surface area (Å²) in [6.07, 6.45) is 2.71. The minimum atomic E-state index is -3.84. The lowest BCUT2D eigenvalue weighted by atomic mass is 9.92. The number of aryl methyl sites for hydroxylation is 1. The summed E-state index contributed by atoms with van der Waals surface area (Å²) in [5.74, 6) is 0. The first-order valence-corrected chi connectivity index (χ1v) is 9.72. The molecular formula is C17H23NO5S. The Morgan fingerprint density at radius 2 is 1.96 bits per heavy atom. The van der Waals surface area contributed by atoms with E-state index in [0.717, 1.165) is 24.8 Å². The molecule has 0 saturated carbocycles. The van der Waals surface area contributed by atoms with E-state index in [0.29, 0.717) is 6.42 Å². The molecule has 0 aliphatic carbocycles. The van der Waals surface area contributed by atoms with Gasteiger partial charge in [-0.25, -0.2) is 4.79 Å². The van der Waals surface area contributed by atoms with Crippen LogP contribution in [0.3, 0.4) is 0 Å². The Morgan fingerprint density at radius 3 is 2.67 bits per heavy atom. The fourth-order valence-electron chi connectivity index (χ4n) is 3.44. The first kappa shape index (κ1) is 17.2. The third kappa shape index (κ3) is 3.57. The summed E-state index contributed by atoms with van der Waals surface area (Å²) in [5, 5.41) is 0. The molecule has 6 nitrogen and oxygen atoms in total. The van der Waals surface area contributed by atoms with Crippen molar-refractivity contribution in [1.82, 2.24) is 4.90 Å². The summed E-state index contributed by atoms with van der Waals surface area (Å²) in [5.41, 5.74) is 0.974. The number of benzene rings is 1. The second kappa shape index (κ2) is 6.72. The van der Waals surface area contributed by atoms with Crippen molar-refractivity contribution in [2.24, 2.45) is 0 Å². The molecule has 1 aromatic carbocycles. The fourth-order valence-corrected chi connectivity index (χ4v) is 4.38. The number of amides is 1. The molecule has 2 aliphatic rings. The molecule has 0 bridgehead atoms. The number of fused-ring (bicyclic) bond motifs is 1. The molecular weight excluding hydrogens is 330 g/mol. The minimum absolute atomic E-state index is 0.114. The molecule has 2 heterocycles. The monoisotopic (exact) mass is 353 g/mol. The third-order valence-electron chi connectivity index (χ3n) is 4.76. The molecule has 7 heteroatoms. The molecule has 132 valence electrons. The van der Waals surface area contributed by atoms with Gasteiger partial charge in [0.1, 0.15) is 12.7 Å². The van der Waals surface area contributed by atoms with E-state index in [-0.39, 0.29) is 29.7 Å². The predicted molar refractivity (Wildman–Crippen MR) is 88.1 cm³/mol. The van der Waals surface area contributed by atoms with Gasteiger partial charge in [0, 0.05) is 18.5 Å². The number of hydrogen-bond acceptors (Lipinski definition) is 5. The maximum Gasteiger partial charge on any atom is 0.410 e. The lowest BCUT2D eigenvalue weighted by molar-refractivity contribution is -0.0423. The highest BCUT2D eigenvalue weighted by Gasteiger charge is 2.40. The van der Waals surface area contributed by atoms with Crippen LogP contribution in [0.2, 0.25) is 0 Å². The predicted octanol–water partition coefficient (Wildman–Crippen LogP) is 2.85. The van der Waals surface area contributed by atoms with Gasteiger partial charge in [-0.05, 0) is 45.2 Å². The Hall–Kier alpha value is -1.60. The summed E-state index contributed by atoms with van der Waals surface area (Å²) >= 11 is 0. The highest BCUT2D eigenvalue weighted by molar-refractivity contribution is 7.86. The summed E-state index contributed by atoms with van der Waals surface area (Å²) < 4.78 is 35.0. The number of piperidine rings is 1. The zero-order valence-corrected chi connectivity index (χ0v) is 14.8. The van der Waals surface area contributed by atoms with Crippen LogP contribution in [-0.4, -0.2) is 44.2 Å². The van der Waals surface area contributed by atoms with E-state index in [4.69, 9.17) is 8.92 Å². The lowest BCUT2D eigenvalue weighted by Crippen LogP contribution is -2.55. The molecule has 3 rings (SSSR count). The van der Waals surface area contributed by atoms with Crippen molar-refractivity contribution in [3.8, 4) is 0 Å². The quantitative estimate of drug-likeness (QED) is 0.778. The first-order valence-electron chi connectivity index (χ1n) is 8.32. The van der Waals surface area contributed by atoms with E-state index < -0.39 is 16.2 Å². The number of nitrogens with zero attached hydrogens (tertiary/aromatic N) is 1. The standard InChI is InChI=1S/C17H23NO5S/c1-12-6-8-16(9-7-12)24(20,21)22-11-15-10-14-5-3-4-13(2)18(14)17(19)23-15/h6-9,13-15H,3-5,10-11H2,1-2H3/t13-,14+,15-/m1/s1. The van der Waals surface area contributed by atoms with Crippen LogP contribution in [0, 0.1) is 6.92 Å². The number of rotatable bonds is 4. The maximum atomic E-state index is 12.2. The molecule has 0 spiro atoms. The normalized spacial score (nSPS) is 27.5. The number of carbonyl (C=O) groups excluding carboxylic acids is 1. The van der Waals surface area contributed by atoms with Gasteiger partial charge in [-0.3, -0.25) is 4.18 Å². The Bertz CT molecular complexity index is 700. The van der Waals surface area contributed by atoms with E-state index in [1.54, 1.807) is 17.0 Å². The van der Waals surface area contributed by atoms with Gasteiger partial charge in [0.15, 0.2) is 0 Å². The number of ether oxygens (including phenoxy) is 1. The molecule has 24 heavy (non-hydrogen) atoms. The molecule has 0 unspecified atom stereocenters. The van der Waals surface area contributed by atoms with Gasteiger partial charge in [-0.15, -0.1) is 0 Å². The van der Waals surface area contributed by atoms with Gasteiger partial charge in [0.25, 0.3) is 10.1 Å².